The van der Waals surface area contributed by atoms with E-state index in [0.29, 0.717) is 25.1 Å². The van der Waals surface area contributed by atoms with Gasteiger partial charge in [0.25, 0.3) is 5.91 Å². The molecule has 5 heteroatoms. The lowest BCUT2D eigenvalue weighted by Crippen LogP contribution is -2.42. The van der Waals surface area contributed by atoms with Gasteiger partial charge in [0.2, 0.25) is 0 Å². The Morgan fingerprint density at radius 1 is 1.35 bits per heavy atom. The van der Waals surface area contributed by atoms with Crippen molar-refractivity contribution in [3.8, 4) is 0 Å². The summed E-state index contributed by atoms with van der Waals surface area (Å²) in [5, 5.41) is 9.08. The summed E-state index contributed by atoms with van der Waals surface area (Å²) in [6.07, 6.45) is 1.40. The fraction of sp³-hybridized carbons (Fsp3) is 0.467. The zero-order chi connectivity index (χ0) is 14.7. The summed E-state index contributed by atoms with van der Waals surface area (Å²) in [4.78, 5) is 27.1. The number of likely N-dealkylation sites (tertiary alicyclic amines) is 1. The van der Waals surface area contributed by atoms with Crippen LogP contribution < -0.4 is 4.90 Å². The molecule has 0 saturated carbocycles. The third kappa shape index (κ3) is 3.10. The van der Waals surface area contributed by atoms with Crippen molar-refractivity contribution >= 4 is 17.6 Å². The summed E-state index contributed by atoms with van der Waals surface area (Å²) < 4.78 is 0. The number of nitrogens with zero attached hydrogens (tertiary/aromatic N) is 2. The maximum absolute atomic E-state index is 12.5. The Balaban J connectivity index is 2.14. The fourth-order valence-electron chi connectivity index (χ4n) is 2.46. The van der Waals surface area contributed by atoms with E-state index in [1.54, 1.807) is 11.0 Å². The van der Waals surface area contributed by atoms with Gasteiger partial charge in [0.05, 0.1) is 5.92 Å². The minimum Gasteiger partial charge on any atom is -0.481 e. The van der Waals surface area contributed by atoms with Crippen LogP contribution in [0.1, 0.15) is 23.2 Å². The smallest absolute Gasteiger partial charge is 0.308 e. The number of carboxylic acid groups (broad SMARTS) is 1. The molecule has 0 spiro atoms. The van der Waals surface area contributed by atoms with Gasteiger partial charge < -0.3 is 14.9 Å². The first-order valence-corrected chi connectivity index (χ1v) is 6.78. The molecule has 108 valence electrons. The van der Waals surface area contributed by atoms with Gasteiger partial charge in [0, 0.05) is 38.4 Å². The lowest BCUT2D eigenvalue weighted by Gasteiger charge is -2.31. The topological polar surface area (TPSA) is 60.9 Å². The van der Waals surface area contributed by atoms with Crippen LogP contribution in [0.25, 0.3) is 0 Å². The summed E-state index contributed by atoms with van der Waals surface area (Å²) in [5.41, 5.74) is 1.57. The Bertz CT molecular complexity index is 514. The summed E-state index contributed by atoms with van der Waals surface area (Å²) in [7, 11) is 3.84. The van der Waals surface area contributed by atoms with Crippen LogP contribution in [0, 0.1) is 5.92 Å². The van der Waals surface area contributed by atoms with Crippen molar-refractivity contribution in [2.75, 3.05) is 32.1 Å². The highest BCUT2D eigenvalue weighted by Crippen LogP contribution is 2.20. The molecule has 1 amide bonds. The highest BCUT2D eigenvalue weighted by atomic mass is 16.4. The number of aliphatic carboxylic acids is 1. The maximum Gasteiger partial charge on any atom is 0.308 e. The molecule has 1 aromatic carbocycles. The van der Waals surface area contributed by atoms with Gasteiger partial charge in [-0.05, 0) is 31.0 Å². The van der Waals surface area contributed by atoms with E-state index in [0.717, 1.165) is 12.1 Å². The standard InChI is InChI=1S/C15H20N2O3/c1-16(2)13-7-3-5-11(9-13)14(18)17-8-4-6-12(10-17)15(19)20/h3,5,7,9,12H,4,6,8,10H2,1-2H3,(H,19,20). The first-order chi connectivity index (χ1) is 9.49. The van der Waals surface area contributed by atoms with Gasteiger partial charge in [0.15, 0.2) is 0 Å². The molecule has 0 bridgehead atoms. The second kappa shape index (κ2) is 5.94. The molecular weight excluding hydrogens is 256 g/mol. The van der Waals surface area contributed by atoms with Crippen molar-refractivity contribution in [2.24, 2.45) is 5.92 Å². The number of anilines is 1. The van der Waals surface area contributed by atoms with Gasteiger partial charge in [-0.3, -0.25) is 9.59 Å². The van der Waals surface area contributed by atoms with Crippen molar-refractivity contribution in [2.45, 2.75) is 12.8 Å². The molecule has 0 aliphatic carbocycles. The molecule has 1 fully saturated rings. The lowest BCUT2D eigenvalue weighted by molar-refractivity contribution is -0.143. The lowest BCUT2D eigenvalue weighted by atomic mass is 9.97. The molecule has 2 rings (SSSR count). The van der Waals surface area contributed by atoms with E-state index in [2.05, 4.69) is 0 Å². The molecule has 1 aromatic rings. The van der Waals surface area contributed by atoms with Gasteiger partial charge in [-0.1, -0.05) is 6.07 Å². The number of amides is 1. The van der Waals surface area contributed by atoms with Crippen molar-refractivity contribution < 1.29 is 14.7 Å². The van der Waals surface area contributed by atoms with Crippen LogP contribution in [-0.2, 0) is 4.79 Å². The van der Waals surface area contributed by atoms with Crippen LogP contribution in [0.5, 0.6) is 0 Å². The number of benzene rings is 1. The van der Waals surface area contributed by atoms with E-state index >= 15 is 0 Å². The van der Waals surface area contributed by atoms with Crippen molar-refractivity contribution in [3.63, 3.8) is 0 Å². The average molecular weight is 276 g/mol. The van der Waals surface area contributed by atoms with Crippen molar-refractivity contribution in [1.82, 2.24) is 4.90 Å². The summed E-state index contributed by atoms with van der Waals surface area (Å²) >= 11 is 0. The predicted octanol–water partition coefficient (Wildman–Crippen LogP) is 1.69. The quantitative estimate of drug-likeness (QED) is 0.912. The van der Waals surface area contributed by atoms with E-state index in [-0.39, 0.29) is 5.91 Å². The number of hydrogen-bond donors (Lipinski definition) is 1. The van der Waals surface area contributed by atoms with E-state index in [4.69, 9.17) is 5.11 Å². The maximum atomic E-state index is 12.5. The second-order valence-corrected chi connectivity index (χ2v) is 5.37. The monoisotopic (exact) mass is 276 g/mol. The number of rotatable bonds is 3. The number of carbonyl (C=O) groups is 2. The van der Waals surface area contributed by atoms with Crippen LogP contribution in [-0.4, -0.2) is 49.1 Å². The minimum absolute atomic E-state index is 0.0837. The van der Waals surface area contributed by atoms with E-state index in [1.807, 2.05) is 37.2 Å². The van der Waals surface area contributed by atoms with Crippen LogP contribution in [0.15, 0.2) is 24.3 Å². The van der Waals surface area contributed by atoms with Gasteiger partial charge in [-0.15, -0.1) is 0 Å². The molecule has 1 N–H and O–H groups in total. The number of hydrogen-bond acceptors (Lipinski definition) is 3. The van der Waals surface area contributed by atoms with Crippen LogP contribution in [0.3, 0.4) is 0 Å². The molecule has 1 atom stereocenters. The Morgan fingerprint density at radius 2 is 2.10 bits per heavy atom. The molecule has 1 aliphatic rings. The molecule has 1 aliphatic heterocycles. The molecule has 5 nitrogen and oxygen atoms in total. The Hall–Kier alpha value is -2.04. The van der Waals surface area contributed by atoms with Crippen molar-refractivity contribution in [3.05, 3.63) is 29.8 Å². The molecule has 20 heavy (non-hydrogen) atoms. The highest BCUT2D eigenvalue weighted by molar-refractivity contribution is 5.95. The zero-order valence-corrected chi connectivity index (χ0v) is 11.9. The number of piperidine rings is 1. The number of carbonyl (C=O) groups excluding carboxylic acids is 1. The molecule has 1 unspecified atom stereocenters. The first kappa shape index (κ1) is 14.4. The minimum atomic E-state index is -0.815. The molecule has 1 saturated heterocycles. The van der Waals surface area contributed by atoms with E-state index < -0.39 is 11.9 Å². The third-order valence-electron chi connectivity index (χ3n) is 3.67. The summed E-state index contributed by atoms with van der Waals surface area (Å²) in [6, 6.07) is 7.40. The van der Waals surface area contributed by atoms with E-state index in [1.165, 1.54) is 0 Å². The van der Waals surface area contributed by atoms with Crippen LogP contribution in [0.4, 0.5) is 5.69 Å². The fourth-order valence-corrected chi connectivity index (χ4v) is 2.46. The predicted molar refractivity (Wildman–Crippen MR) is 77.0 cm³/mol. The normalized spacial score (nSPS) is 18.7. The highest BCUT2D eigenvalue weighted by Gasteiger charge is 2.28. The second-order valence-electron chi connectivity index (χ2n) is 5.37. The van der Waals surface area contributed by atoms with Gasteiger partial charge >= 0.3 is 5.97 Å². The summed E-state index contributed by atoms with van der Waals surface area (Å²) in [6.45, 7) is 0.940. The van der Waals surface area contributed by atoms with Gasteiger partial charge in [-0.2, -0.15) is 0 Å². The van der Waals surface area contributed by atoms with E-state index in [9.17, 15) is 9.59 Å². The average Bonchev–Trinajstić information content (AvgIpc) is 2.46. The first-order valence-electron chi connectivity index (χ1n) is 6.78. The van der Waals surface area contributed by atoms with Crippen molar-refractivity contribution in [1.29, 1.82) is 0 Å². The zero-order valence-electron chi connectivity index (χ0n) is 11.9. The molecule has 1 heterocycles. The third-order valence-corrected chi connectivity index (χ3v) is 3.67. The Kier molecular flexibility index (Phi) is 4.27. The van der Waals surface area contributed by atoms with Gasteiger partial charge in [-0.25, -0.2) is 0 Å². The molecular formula is C15H20N2O3. The number of carboxylic acids is 1. The Morgan fingerprint density at radius 3 is 2.75 bits per heavy atom. The van der Waals surface area contributed by atoms with Gasteiger partial charge in [0.1, 0.15) is 0 Å². The van der Waals surface area contributed by atoms with Crippen LogP contribution >= 0.6 is 0 Å². The molecule has 0 radical (unpaired) electrons. The largest absolute Gasteiger partial charge is 0.481 e. The van der Waals surface area contributed by atoms with Crippen LogP contribution in [0.2, 0.25) is 0 Å². The summed E-state index contributed by atoms with van der Waals surface area (Å²) in [5.74, 6) is -1.34. The Labute approximate surface area is 118 Å². The molecule has 0 aromatic heterocycles. The SMILES string of the molecule is CN(C)c1cccc(C(=O)N2CCCC(C(=O)O)C2)c1.